The Bertz CT molecular complexity index is 315. The average Bonchev–Trinajstić information content (AvgIpc) is 2.26. The van der Waals surface area contributed by atoms with Gasteiger partial charge in [-0.1, -0.05) is 0 Å². The van der Waals surface area contributed by atoms with Gasteiger partial charge in [0.15, 0.2) is 0 Å². The number of ether oxygens (including phenoxy) is 1. The molecule has 0 saturated heterocycles. The number of hydrogen-bond donors (Lipinski definition) is 1. The van der Waals surface area contributed by atoms with Gasteiger partial charge in [0.05, 0.1) is 13.3 Å². The molecule has 1 aromatic heterocycles. The number of aromatic nitrogens is 1. The average molecular weight is 223 g/mol. The number of rotatable bonds is 6. The van der Waals surface area contributed by atoms with E-state index in [1.165, 1.54) is 0 Å². The van der Waals surface area contributed by atoms with Gasteiger partial charge in [0.1, 0.15) is 5.75 Å². The molecular formula is C12H21N3O. The van der Waals surface area contributed by atoms with Crippen molar-refractivity contribution in [2.24, 2.45) is 0 Å². The molecule has 0 aromatic carbocycles. The highest BCUT2D eigenvalue weighted by molar-refractivity contribution is 5.29. The zero-order valence-electron chi connectivity index (χ0n) is 10.5. The summed E-state index contributed by atoms with van der Waals surface area (Å²) in [7, 11) is 5.82. The SMILES string of the molecule is COc1cnccc1CNC(C)CN(C)C. The van der Waals surface area contributed by atoms with E-state index in [9.17, 15) is 0 Å². The molecule has 1 N–H and O–H groups in total. The summed E-state index contributed by atoms with van der Waals surface area (Å²) in [6.45, 7) is 4.00. The van der Waals surface area contributed by atoms with Crippen molar-refractivity contribution in [3.8, 4) is 5.75 Å². The van der Waals surface area contributed by atoms with Gasteiger partial charge in [-0.05, 0) is 27.1 Å². The van der Waals surface area contributed by atoms with Gasteiger partial charge >= 0.3 is 0 Å². The fourth-order valence-electron chi connectivity index (χ4n) is 1.64. The largest absolute Gasteiger partial charge is 0.495 e. The van der Waals surface area contributed by atoms with Gasteiger partial charge in [-0.15, -0.1) is 0 Å². The van der Waals surface area contributed by atoms with E-state index in [2.05, 4.69) is 36.2 Å². The van der Waals surface area contributed by atoms with Gasteiger partial charge in [-0.25, -0.2) is 0 Å². The second kappa shape index (κ2) is 6.45. The Morgan fingerprint density at radius 1 is 1.50 bits per heavy atom. The van der Waals surface area contributed by atoms with Gasteiger partial charge < -0.3 is 15.0 Å². The minimum Gasteiger partial charge on any atom is -0.495 e. The van der Waals surface area contributed by atoms with Crippen LogP contribution in [0.4, 0.5) is 0 Å². The first-order chi connectivity index (χ1) is 7.63. The lowest BCUT2D eigenvalue weighted by Gasteiger charge is -2.18. The molecule has 1 heterocycles. The normalized spacial score (nSPS) is 12.8. The van der Waals surface area contributed by atoms with Crippen molar-refractivity contribution < 1.29 is 4.74 Å². The Labute approximate surface area is 97.6 Å². The number of nitrogens with zero attached hydrogens (tertiary/aromatic N) is 2. The maximum atomic E-state index is 5.25. The summed E-state index contributed by atoms with van der Waals surface area (Å²) >= 11 is 0. The molecule has 4 heteroatoms. The fourth-order valence-corrected chi connectivity index (χ4v) is 1.64. The maximum absolute atomic E-state index is 5.25. The molecule has 0 bridgehead atoms. The quantitative estimate of drug-likeness (QED) is 0.784. The Kier molecular flexibility index (Phi) is 5.22. The van der Waals surface area contributed by atoms with Gasteiger partial charge in [0.25, 0.3) is 0 Å². The summed E-state index contributed by atoms with van der Waals surface area (Å²) in [6, 6.07) is 2.43. The molecule has 1 aromatic rings. The molecule has 4 nitrogen and oxygen atoms in total. The van der Waals surface area contributed by atoms with Crippen LogP contribution in [0.15, 0.2) is 18.5 Å². The lowest BCUT2D eigenvalue weighted by atomic mass is 10.2. The van der Waals surface area contributed by atoms with Crippen LogP contribution >= 0.6 is 0 Å². The van der Waals surface area contributed by atoms with Crippen LogP contribution in [0.5, 0.6) is 5.75 Å². The molecule has 0 aliphatic rings. The molecular weight excluding hydrogens is 202 g/mol. The molecule has 0 radical (unpaired) electrons. The predicted molar refractivity (Wildman–Crippen MR) is 65.6 cm³/mol. The van der Waals surface area contributed by atoms with Crippen molar-refractivity contribution in [3.05, 3.63) is 24.0 Å². The highest BCUT2D eigenvalue weighted by Gasteiger charge is 2.05. The lowest BCUT2D eigenvalue weighted by Crippen LogP contribution is -2.35. The number of hydrogen-bond acceptors (Lipinski definition) is 4. The molecule has 0 saturated carbocycles. The van der Waals surface area contributed by atoms with E-state index in [1.54, 1.807) is 19.5 Å². The van der Waals surface area contributed by atoms with Crippen LogP contribution in [0.25, 0.3) is 0 Å². The second-order valence-corrected chi connectivity index (χ2v) is 4.23. The Morgan fingerprint density at radius 2 is 2.25 bits per heavy atom. The van der Waals surface area contributed by atoms with E-state index in [-0.39, 0.29) is 0 Å². The van der Waals surface area contributed by atoms with Crippen molar-refractivity contribution in [2.45, 2.75) is 19.5 Å². The van der Waals surface area contributed by atoms with E-state index in [1.807, 2.05) is 6.07 Å². The highest BCUT2D eigenvalue weighted by atomic mass is 16.5. The number of likely N-dealkylation sites (N-methyl/N-ethyl adjacent to an activating group) is 1. The van der Waals surface area contributed by atoms with Crippen molar-refractivity contribution >= 4 is 0 Å². The molecule has 1 atom stereocenters. The van der Waals surface area contributed by atoms with Gasteiger partial charge in [0.2, 0.25) is 0 Å². The van der Waals surface area contributed by atoms with E-state index < -0.39 is 0 Å². The molecule has 0 amide bonds. The molecule has 1 unspecified atom stereocenters. The van der Waals surface area contributed by atoms with Crippen molar-refractivity contribution in [1.29, 1.82) is 0 Å². The summed E-state index contributed by atoms with van der Waals surface area (Å²) < 4.78 is 5.25. The minimum absolute atomic E-state index is 0.452. The van der Waals surface area contributed by atoms with Crippen molar-refractivity contribution in [1.82, 2.24) is 15.2 Å². The standard InChI is InChI=1S/C12H21N3O/c1-10(9-15(2)3)14-7-11-5-6-13-8-12(11)16-4/h5-6,8,10,14H,7,9H2,1-4H3. The molecule has 0 aliphatic carbocycles. The summed E-state index contributed by atoms with van der Waals surface area (Å²) in [5.74, 6) is 0.840. The molecule has 0 spiro atoms. The van der Waals surface area contributed by atoms with Crippen LogP contribution < -0.4 is 10.1 Å². The Morgan fingerprint density at radius 3 is 2.88 bits per heavy atom. The summed E-state index contributed by atoms with van der Waals surface area (Å²) in [5.41, 5.74) is 1.14. The molecule has 0 fully saturated rings. The van der Waals surface area contributed by atoms with Crippen LogP contribution in [0.2, 0.25) is 0 Å². The van der Waals surface area contributed by atoms with Gasteiger partial charge in [-0.3, -0.25) is 4.98 Å². The zero-order chi connectivity index (χ0) is 12.0. The third kappa shape index (κ3) is 4.16. The van der Waals surface area contributed by atoms with Crippen molar-refractivity contribution in [3.63, 3.8) is 0 Å². The Balaban J connectivity index is 2.47. The third-order valence-electron chi connectivity index (χ3n) is 2.37. The van der Waals surface area contributed by atoms with Crippen molar-refractivity contribution in [2.75, 3.05) is 27.7 Å². The molecule has 16 heavy (non-hydrogen) atoms. The van der Waals surface area contributed by atoms with E-state index in [0.717, 1.165) is 24.4 Å². The first-order valence-corrected chi connectivity index (χ1v) is 5.48. The van der Waals surface area contributed by atoms with E-state index in [4.69, 9.17) is 4.74 Å². The number of nitrogens with one attached hydrogen (secondary N) is 1. The van der Waals surface area contributed by atoms with Crippen LogP contribution in [0.3, 0.4) is 0 Å². The molecule has 0 aliphatic heterocycles. The number of methoxy groups -OCH3 is 1. The minimum atomic E-state index is 0.452. The van der Waals surface area contributed by atoms with Gasteiger partial charge in [0, 0.05) is 30.9 Å². The maximum Gasteiger partial charge on any atom is 0.141 e. The van der Waals surface area contributed by atoms with E-state index >= 15 is 0 Å². The smallest absolute Gasteiger partial charge is 0.141 e. The summed E-state index contributed by atoms with van der Waals surface area (Å²) in [6.07, 6.45) is 3.53. The molecule has 90 valence electrons. The van der Waals surface area contributed by atoms with Crippen LogP contribution in [0, 0.1) is 0 Å². The van der Waals surface area contributed by atoms with Crippen LogP contribution in [-0.2, 0) is 6.54 Å². The number of pyridine rings is 1. The lowest BCUT2D eigenvalue weighted by molar-refractivity contribution is 0.346. The van der Waals surface area contributed by atoms with Crippen LogP contribution in [-0.4, -0.2) is 43.7 Å². The van der Waals surface area contributed by atoms with E-state index in [0.29, 0.717) is 6.04 Å². The van der Waals surface area contributed by atoms with Crippen LogP contribution in [0.1, 0.15) is 12.5 Å². The summed E-state index contributed by atoms with van der Waals surface area (Å²) in [5, 5.41) is 3.46. The monoisotopic (exact) mass is 223 g/mol. The second-order valence-electron chi connectivity index (χ2n) is 4.23. The predicted octanol–water partition coefficient (Wildman–Crippen LogP) is 1.13. The first kappa shape index (κ1) is 12.9. The zero-order valence-corrected chi connectivity index (χ0v) is 10.5. The first-order valence-electron chi connectivity index (χ1n) is 5.48. The van der Waals surface area contributed by atoms with Gasteiger partial charge in [-0.2, -0.15) is 0 Å². The fraction of sp³-hybridized carbons (Fsp3) is 0.583. The molecule has 1 rings (SSSR count). The third-order valence-corrected chi connectivity index (χ3v) is 2.37. The Hall–Kier alpha value is -1.13. The summed E-state index contributed by atoms with van der Waals surface area (Å²) in [4.78, 5) is 6.20. The highest BCUT2D eigenvalue weighted by Crippen LogP contribution is 2.15. The topological polar surface area (TPSA) is 37.4 Å².